The molecule has 0 aromatic carbocycles. The Labute approximate surface area is 82.4 Å². The van der Waals surface area contributed by atoms with Crippen molar-refractivity contribution in [1.29, 1.82) is 0 Å². The van der Waals surface area contributed by atoms with E-state index in [2.05, 4.69) is 9.97 Å². The van der Waals surface area contributed by atoms with Gasteiger partial charge in [0.1, 0.15) is 5.82 Å². The minimum absolute atomic E-state index is 0.115. The topological polar surface area (TPSA) is 66.3 Å². The zero-order chi connectivity index (χ0) is 10.4. The maximum absolute atomic E-state index is 10.4. The third kappa shape index (κ3) is 3.01. The lowest BCUT2D eigenvalue weighted by Gasteiger charge is -2.19. The number of nitrogens with zero attached hydrogens (tertiary/aromatic N) is 3. The molecule has 0 aliphatic heterocycles. The van der Waals surface area contributed by atoms with Crippen molar-refractivity contribution in [3.8, 4) is 0 Å². The molecule has 14 heavy (non-hydrogen) atoms. The summed E-state index contributed by atoms with van der Waals surface area (Å²) in [5, 5.41) is 8.54. The van der Waals surface area contributed by atoms with Crippen LogP contribution < -0.4 is 4.90 Å². The van der Waals surface area contributed by atoms with E-state index in [0.29, 0.717) is 6.54 Å². The van der Waals surface area contributed by atoms with Crippen molar-refractivity contribution in [2.45, 2.75) is 13.3 Å². The first-order valence-corrected chi connectivity index (χ1v) is 4.46. The van der Waals surface area contributed by atoms with Crippen LogP contribution in [0.15, 0.2) is 18.6 Å². The van der Waals surface area contributed by atoms with Crippen LogP contribution in [0.3, 0.4) is 0 Å². The standard InChI is InChI=1S/C9H13N3O2/c1-2-12(6-3-9(13)14)8-7-10-4-5-11-8/h4-5,7H,2-3,6H2,1H3,(H,13,14). The van der Waals surface area contributed by atoms with E-state index in [9.17, 15) is 4.79 Å². The molecule has 0 radical (unpaired) electrons. The molecular formula is C9H13N3O2. The average molecular weight is 195 g/mol. The van der Waals surface area contributed by atoms with Gasteiger partial charge in [0.15, 0.2) is 0 Å². The van der Waals surface area contributed by atoms with Crippen molar-refractivity contribution in [3.05, 3.63) is 18.6 Å². The number of carbonyl (C=O) groups is 1. The lowest BCUT2D eigenvalue weighted by atomic mass is 10.4. The van der Waals surface area contributed by atoms with Gasteiger partial charge in [-0.15, -0.1) is 0 Å². The molecule has 1 N–H and O–H groups in total. The zero-order valence-corrected chi connectivity index (χ0v) is 8.05. The van der Waals surface area contributed by atoms with E-state index in [1.165, 1.54) is 0 Å². The van der Waals surface area contributed by atoms with E-state index in [1.54, 1.807) is 18.6 Å². The smallest absolute Gasteiger partial charge is 0.305 e. The molecule has 0 fully saturated rings. The monoisotopic (exact) mass is 195 g/mol. The lowest BCUT2D eigenvalue weighted by Crippen LogP contribution is -2.26. The van der Waals surface area contributed by atoms with Crippen molar-refractivity contribution in [3.63, 3.8) is 0 Å². The molecule has 0 bridgehead atoms. The van der Waals surface area contributed by atoms with Gasteiger partial charge in [-0.25, -0.2) is 4.98 Å². The van der Waals surface area contributed by atoms with Crippen molar-refractivity contribution in [2.24, 2.45) is 0 Å². The second-order valence-corrected chi connectivity index (χ2v) is 2.79. The van der Waals surface area contributed by atoms with Crippen LogP contribution in [0.2, 0.25) is 0 Å². The number of aromatic nitrogens is 2. The summed E-state index contributed by atoms with van der Waals surface area (Å²) >= 11 is 0. The van der Waals surface area contributed by atoms with Gasteiger partial charge in [-0.2, -0.15) is 0 Å². The molecule has 1 aromatic heterocycles. The molecule has 0 aliphatic rings. The highest BCUT2D eigenvalue weighted by atomic mass is 16.4. The first-order valence-electron chi connectivity index (χ1n) is 4.46. The molecule has 0 atom stereocenters. The van der Waals surface area contributed by atoms with Crippen LogP contribution in [-0.2, 0) is 4.79 Å². The summed E-state index contributed by atoms with van der Waals surface area (Å²) in [5.74, 6) is -0.0800. The molecule has 0 spiro atoms. The lowest BCUT2D eigenvalue weighted by molar-refractivity contribution is -0.136. The first-order chi connectivity index (χ1) is 6.74. The molecule has 5 nitrogen and oxygen atoms in total. The summed E-state index contributed by atoms with van der Waals surface area (Å²) in [4.78, 5) is 20.3. The highest BCUT2D eigenvalue weighted by Gasteiger charge is 2.07. The van der Waals surface area contributed by atoms with Crippen LogP contribution in [0, 0.1) is 0 Å². The highest BCUT2D eigenvalue weighted by molar-refractivity contribution is 5.67. The maximum Gasteiger partial charge on any atom is 0.305 e. The largest absolute Gasteiger partial charge is 0.481 e. The van der Waals surface area contributed by atoms with Crippen molar-refractivity contribution < 1.29 is 9.90 Å². The van der Waals surface area contributed by atoms with Gasteiger partial charge in [0.05, 0.1) is 12.6 Å². The summed E-state index contributed by atoms with van der Waals surface area (Å²) in [6.45, 7) is 3.15. The molecule has 0 unspecified atom stereocenters. The van der Waals surface area contributed by atoms with Crippen LogP contribution in [0.5, 0.6) is 0 Å². The molecule has 0 aliphatic carbocycles. The van der Waals surface area contributed by atoms with Crippen LogP contribution in [-0.4, -0.2) is 34.1 Å². The molecule has 0 saturated carbocycles. The predicted octanol–water partition coefficient (Wildman–Crippen LogP) is 0.778. The minimum Gasteiger partial charge on any atom is -0.481 e. The van der Waals surface area contributed by atoms with Gasteiger partial charge >= 0.3 is 5.97 Å². The first kappa shape index (κ1) is 10.4. The minimum atomic E-state index is -0.799. The van der Waals surface area contributed by atoms with Gasteiger partial charge in [0.25, 0.3) is 0 Å². The Hall–Kier alpha value is -1.65. The Morgan fingerprint density at radius 1 is 1.57 bits per heavy atom. The summed E-state index contributed by atoms with van der Waals surface area (Å²) in [6.07, 6.45) is 4.93. The van der Waals surface area contributed by atoms with E-state index in [-0.39, 0.29) is 6.42 Å². The van der Waals surface area contributed by atoms with Gasteiger partial charge in [-0.1, -0.05) is 0 Å². The quantitative estimate of drug-likeness (QED) is 0.752. The maximum atomic E-state index is 10.4. The van der Waals surface area contributed by atoms with Crippen LogP contribution in [0.25, 0.3) is 0 Å². The highest BCUT2D eigenvalue weighted by Crippen LogP contribution is 2.07. The number of carboxylic acids is 1. The zero-order valence-electron chi connectivity index (χ0n) is 8.05. The van der Waals surface area contributed by atoms with Gasteiger partial charge < -0.3 is 10.0 Å². The number of anilines is 1. The average Bonchev–Trinajstić information content (AvgIpc) is 2.20. The second-order valence-electron chi connectivity index (χ2n) is 2.79. The Kier molecular flexibility index (Phi) is 3.84. The third-order valence-electron chi connectivity index (χ3n) is 1.85. The third-order valence-corrected chi connectivity index (χ3v) is 1.85. The Morgan fingerprint density at radius 2 is 2.36 bits per heavy atom. The van der Waals surface area contributed by atoms with E-state index in [0.717, 1.165) is 12.4 Å². The second kappa shape index (κ2) is 5.16. The molecule has 1 heterocycles. The molecule has 76 valence electrons. The summed E-state index contributed by atoms with van der Waals surface area (Å²) < 4.78 is 0. The summed E-state index contributed by atoms with van der Waals surface area (Å²) in [5.41, 5.74) is 0. The number of hydrogen-bond donors (Lipinski definition) is 1. The number of carboxylic acid groups (broad SMARTS) is 1. The van der Waals surface area contributed by atoms with E-state index >= 15 is 0 Å². The molecule has 5 heteroatoms. The van der Waals surface area contributed by atoms with Crippen molar-refractivity contribution in [1.82, 2.24) is 9.97 Å². The van der Waals surface area contributed by atoms with Crippen LogP contribution in [0.4, 0.5) is 5.82 Å². The van der Waals surface area contributed by atoms with Crippen LogP contribution in [0.1, 0.15) is 13.3 Å². The Balaban J connectivity index is 2.58. The van der Waals surface area contributed by atoms with E-state index in [1.807, 2.05) is 11.8 Å². The van der Waals surface area contributed by atoms with Crippen LogP contribution >= 0.6 is 0 Å². The fraction of sp³-hybridized carbons (Fsp3) is 0.444. The fourth-order valence-electron chi connectivity index (χ4n) is 1.12. The molecular weight excluding hydrogens is 182 g/mol. The Bertz CT molecular complexity index is 289. The van der Waals surface area contributed by atoms with Crippen molar-refractivity contribution in [2.75, 3.05) is 18.0 Å². The fourth-order valence-corrected chi connectivity index (χ4v) is 1.12. The van der Waals surface area contributed by atoms with E-state index in [4.69, 9.17) is 5.11 Å². The van der Waals surface area contributed by atoms with Gasteiger partial charge in [-0.05, 0) is 6.92 Å². The molecule has 1 aromatic rings. The molecule has 0 saturated heterocycles. The van der Waals surface area contributed by atoms with E-state index < -0.39 is 5.97 Å². The summed E-state index contributed by atoms with van der Waals surface area (Å²) in [7, 11) is 0. The SMILES string of the molecule is CCN(CCC(=O)O)c1cnccn1. The normalized spacial score (nSPS) is 9.79. The number of aliphatic carboxylic acids is 1. The van der Waals surface area contributed by atoms with Gasteiger partial charge in [0.2, 0.25) is 0 Å². The number of rotatable bonds is 5. The van der Waals surface area contributed by atoms with Crippen molar-refractivity contribution >= 4 is 11.8 Å². The Morgan fingerprint density at radius 3 is 2.86 bits per heavy atom. The molecule has 1 rings (SSSR count). The van der Waals surface area contributed by atoms with Gasteiger partial charge in [0, 0.05) is 25.5 Å². The predicted molar refractivity (Wildman–Crippen MR) is 52.2 cm³/mol. The summed E-state index contributed by atoms with van der Waals surface area (Å²) in [6, 6.07) is 0. The molecule has 0 amide bonds. The number of hydrogen-bond acceptors (Lipinski definition) is 4. The van der Waals surface area contributed by atoms with Gasteiger partial charge in [-0.3, -0.25) is 9.78 Å².